The second kappa shape index (κ2) is 5.52. The lowest BCUT2D eigenvalue weighted by Gasteiger charge is -2.13. The fourth-order valence-electron chi connectivity index (χ4n) is 2.21. The summed E-state index contributed by atoms with van der Waals surface area (Å²) in [5.74, 6) is 0. The molecule has 1 heterocycles. The summed E-state index contributed by atoms with van der Waals surface area (Å²) in [6.07, 6.45) is -0.625. The highest BCUT2D eigenvalue weighted by Crippen LogP contribution is 2.22. The summed E-state index contributed by atoms with van der Waals surface area (Å²) in [5, 5.41) is 18.4. The predicted octanol–water partition coefficient (Wildman–Crippen LogP) is 3.68. The molecule has 3 aromatic rings. The predicted molar refractivity (Wildman–Crippen MR) is 84.8 cm³/mol. The molecule has 0 fully saturated rings. The highest BCUT2D eigenvalue weighted by atomic mass is 79.9. The molecule has 20 heavy (non-hydrogen) atoms. The van der Waals surface area contributed by atoms with Gasteiger partial charge >= 0.3 is 0 Å². The first-order valence-corrected chi connectivity index (χ1v) is 7.82. The summed E-state index contributed by atoms with van der Waals surface area (Å²) >= 11 is 4.84. The van der Waals surface area contributed by atoms with Crippen molar-refractivity contribution in [2.45, 2.75) is 12.6 Å². The molecule has 1 unspecified atom stereocenters. The van der Waals surface area contributed by atoms with E-state index >= 15 is 0 Å². The molecule has 0 saturated carbocycles. The van der Waals surface area contributed by atoms with Crippen molar-refractivity contribution < 1.29 is 5.11 Å². The van der Waals surface area contributed by atoms with Gasteiger partial charge in [0.1, 0.15) is 0 Å². The lowest BCUT2D eigenvalue weighted by atomic mass is 10.1. The lowest BCUT2D eigenvalue weighted by Crippen LogP contribution is -2.18. The summed E-state index contributed by atoms with van der Waals surface area (Å²) in [6, 6.07) is 15.5. The van der Waals surface area contributed by atoms with Crippen LogP contribution >= 0.6 is 27.3 Å². The quantitative estimate of drug-likeness (QED) is 0.745. The van der Waals surface area contributed by atoms with Crippen LogP contribution in [0.25, 0.3) is 10.2 Å². The minimum atomic E-state index is -0.625. The summed E-state index contributed by atoms with van der Waals surface area (Å²) in [5.41, 5.74) is 1.85. The lowest BCUT2D eigenvalue weighted by molar-refractivity contribution is 0.157. The van der Waals surface area contributed by atoms with E-state index in [2.05, 4.69) is 15.9 Å². The van der Waals surface area contributed by atoms with Gasteiger partial charge in [-0.15, -0.1) is 0 Å². The maximum Gasteiger partial charge on any atom is 0.183 e. The maximum atomic E-state index is 10.4. The molecule has 0 radical (unpaired) electrons. The van der Waals surface area contributed by atoms with Gasteiger partial charge in [-0.25, -0.2) is 0 Å². The maximum absolute atomic E-state index is 10.4. The molecule has 0 bridgehead atoms. The average Bonchev–Trinajstić information content (AvgIpc) is 2.75. The Morgan fingerprint density at radius 3 is 2.80 bits per heavy atom. The zero-order valence-electron chi connectivity index (χ0n) is 10.6. The van der Waals surface area contributed by atoms with Gasteiger partial charge in [-0.2, -0.15) is 0 Å². The molecule has 3 rings (SSSR count). The molecule has 1 atom stereocenters. The Balaban J connectivity index is 1.97. The number of thiazole rings is 1. The summed E-state index contributed by atoms with van der Waals surface area (Å²) < 4.78 is 3.87. The van der Waals surface area contributed by atoms with Crippen molar-refractivity contribution in [2.75, 3.05) is 0 Å². The van der Waals surface area contributed by atoms with Crippen LogP contribution in [0, 0.1) is 5.41 Å². The first-order valence-electron chi connectivity index (χ1n) is 6.21. The molecule has 5 heteroatoms. The third-order valence-corrected chi connectivity index (χ3v) is 4.67. The zero-order chi connectivity index (χ0) is 14.1. The second-order valence-corrected chi connectivity index (χ2v) is 6.50. The first kappa shape index (κ1) is 13.5. The monoisotopic (exact) mass is 348 g/mol. The van der Waals surface area contributed by atoms with Crippen molar-refractivity contribution in [2.24, 2.45) is 0 Å². The van der Waals surface area contributed by atoms with Gasteiger partial charge in [0.25, 0.3) is 0 Å². The van der Waals surface area contributed by atoms with Crippen LogP contribution in [0.4, 0.5) is 0 Å². The Kier molecular flexibility index (Phi) is 3.74. The van der Waals surface area contributed by atoms with Crippen LogP contribution in [0.15, 0.2) is 53.0 Å². The molecular formula is C15H13BrN2OS. The van der Waals surface area contributed by atoms with Gasteiger partial charge in [0, 0.05) is 4.47 Å². The number of aliphatic hydroxyl groups is 1. The van der Waals surface area contributed by atoms with Crippen LogP contribution in [-0.4, -0.2) is 9.67 Å². The van der Waals surface area contributed by atoms with Crippen LogP contribution in [0.1, 0.15) is 11.7 Å². The van der Waals surface area contributed by atoms with Gasteiger partial charge in [-0.1, -0.05) is 51.5 Å². The molecule has 0 amide bonds. The van der Waals surface area contributed by atoms with Crippen LogP contribution in [-0.2, 0) is 6.54 Å². The van der Waals surface area contributed by atoms with Gasteiger partial charge in [0.05, 0.1) is 22.9 Å². The number of aliphatic hydroxyl groups excluding tert-OH is 1. The van der Waals surface area contributed by atoms with E-state index in [-0.39, 0.29) is 0 Å². The number of nitrogens with one attached hydrogen (secondary N) is 1. The molecule has 2 N–H and O–H groups in total. The number of rotatable bonds is 3. The highest BCUT2D eigenvalue weighted by Gasteiger charge is 2.12. The fourth-order valence-corrected chi connectivity index (χ4v) is 3.55. The van der Waals surface area contributed by atoms with Gasteiger partial charge in [0.2, 0.25) is 0 Å². The van der Waals surface area contributed by atoms with Crippen molar-refractivity contribution in [1.29, 1.82) is 5.41 Å². The summed E-state index contributed by atoms with van der Waals surface area (Å²) in [4.78, 5) is 0.459. The van der Waals surface area contributed by atoms with E-state index in [4.69, 9.17) is 5.41 Å². The van der Waals surface area contributed by atoms with Crippen LogP contribution in [0.5, 0.6) is 0 Å². The van der Waals surface area contributed by atoms with Crippen LogP contribution in [0.3, 0.4) is 0 Å². The van der Waals surface area contributed by atoms with Crippen LogP contribution < -0.4 is 4.80 Å². The van der Waals surface area contributed by atoms with Crippen molar-refractivity contribution in [3.63, 3.8) is 0 Å². The fraction of sp³-hybridized carbons (Fsp3) is 0.133. The number of fused-ring (bicyclic) bond motifs is 1. The van der Waals surface area contributed by atoms with Gasteiger partial charge < -0.3 is 9.67 Å². The SMILES string of the molecule is N=c1sc2ccccc2n1CC(O)c1cccc(Br)c1. The van der Waals surface area contributed by atoms with E-state index < -0.39 is 6.10 Å². The standard InChI is InChI=1S/C15H13BrN2OS/c16-11-5-3-4-10(8-11)13(19)9-18-12-6-1-2-7-14(12)20-15(18)17/h1-8,13,17,19H,9H2. The van der Waals surface area contributed by atoms with Gasteiger partial charge in [-0.3, -0.25) is 5.41 Å². The molecule has 0 spiro atoms. The number of benzene rings is 2. The molecule has 1 aromatic heterocycles. The molecule has 0 aliphatic heterocycles. The Bertz CT molecular complexity index is 809. The minimum absolute atomic E-state index is 0.388. The largest absolute Gasteiger partial charge is 0.387 e. The molecule has 0 aliphatic rings. The topological polar surface area (TPSA) is 49.0 Å². The second-order valence-electron chi connectivity index (χ2n) is 4.56. The average molecular weight is 349 g/mol. The van der Waals surface area contributed by atoms with Gasteiger partial charge in [-0.05, 0) is 29.8 Å². The smallest absolute Gasteiger partial charge is 0.183 e. The third kappa shape index (κ3) is 2.57. The summed E-state index contributed by atoms with van der Waals surface area (Å²) in [7, 11) is 0. The molecule has 3 nitrogen and oxygen atoms in total. The minimum Gasteiger partial charge on any atom is -0.387 e. The Labute approximate surface area is 128 Å². The van der Waals surface area contributed by atoms with E-state index in [1.165, 1.54) is 11.3 Å². The van der Waals surface area contributed by atoms with Gasteiger partial charge in [0.15, 0.2) is 4.80 Å². The van der Waals surface area contributed by atoms with Crippen molar-refractivity contribution >= 4 is 37.5 Å². The normalized spacial score (nSPS) is 12.7. The zero-order valence-corrected chi connectivity index (χ0v) is 13.0. The molecule has 0 aliphatic carbocycles. The number of hydrogen-bond donors (Lipinski definition) is 2. The van der Waals surface area contributed by atoms with Crippen molar-refractivity contribution in [3.8, 4) is 0 Å². The number of nitrogens with zero attached hydrogens (tertiary/aromatic N) is 1. The van der Waals surface area contributed by atoms with E-state index in [1.54, 1.807) is 0 Å². The summed E-state index contributed by atoms with van der Waals surface area (Å²) in [6.45, 7) is 0.388. The molecular weight excluding hydrogens is 336 g/mol. The Morgan fingerprint density at radius 2 is 2.00 bits per heavy atom. The highest BCUT2D eigenvalue weighted by molar-refractivity contribution is 9.10. The van der Waals surface area contributed by atoms with Crippen LogP contribution in [0.2, 0.25) is 0 Å². The molecule has 0 saturated heterocycles. The Morgan fingerprint density at radius 1 is 1.20 bits per heavy atom. The van der Waals surface area contributed by atoms with E-state index in [9.17, 15) is 5.11 Å². The van der Waals surface area contributed by atoms with E-state index in [0.717, 1.165) is 20.3 Å². The number of halogens is 1. The number of hydrogen-bond acceptors (Lipinski definition) is 3. The third-order valence-electron chi connectivity index (χ3n) is 3.20. The Hall–Kier alpha value is -1.43. The number of aromatic nitrogens is 1. The van der Waals surface area contributed by atoms with E-state index in [0.29, 0.717) is 11.3 Å². The molecule has 2 aromatic carbocycles. The van der Waals surface area contributed by atoms with Crippen molar-refractivity contribution in [3.05, 3.63) is 63.4 Å². The van der Waals surface area contributed by atoms with E-state index in [1.807, 2.05) is 53.1 Å². The first-order chi connectivity index (χ1) is 9.65. The molecule has 102 valence electrons. The van der Waals surface area contributed by atoms with Crippen molar-refractivity contribution in [1.82, 2.24) is 4.57 Å². The number of para-hydroxylation sites is 1.